The second-order valence-electron chi connectivity index (χ2n) is 5.26. The first-order valence-electron chi connectivity index (χ1n) is 7.10. The third-order valence-corrected chi connectivity index (χ3v) is 4.10. The van der Waals surface area contributed by atoms with Crippen molar-refractivity contribution in [3.63, 3.8) is 0 Å². The average Bonchev–Trinajstić information content (AvgIpc) is 2.41. The van der Waals surface area contributed by atoms with Gasteiger partial charge in [-0.15, -0.1) is 0 Å². The van der Waals surface area contributed by atoms with Gasteiger partial charge >= 0.3 is 0 Å². The van der Waals surface area contributed by atoms with Crippen LogP contribution in [0.2, 0.25) is 0 Å². The summed E-state index contributed by atoms with van der Waals surface area (Å²) in [5, 5.41) is 9.21. The lowest BCUT2D eigenvalue weighted by molar-refractivity contribution is -0.123. The fourth-order valence-electron chi connectivity index (χ4n) is 2.82. The Labute approximate surface area is 110 Å². The zero-order valence-electron chi connectivity index (χ0n) is 11.7. The molecular weight excluding hydrogens is 230 g/mol. The molecular formula is C14H27NO3. The molecule has 4 nitrogen and oxygen atoms in total. The van der Waals surface area contributed by atoms with Crippen LogP contribution in [0.5, 0.6) is 0 Å². The Hall–Kier alpha value is -0.450. The molecule has 106 valence electrons. The second kappa shape index (κ2) is 7.87. The Morgan fingerprint density at radius 1 is 1.33 bits per heavy atom. The summed E-state index contributed by atoms with van der Waals surface area (Å²) >= 11 is 0. The third kappa shape index (κ3) is 4.04. The summed E-state index contributed by atoms with van der Waals surface area (Å²) in [6.07, 6.45) is 4.84. The topological polar surface area (TPSA) is 49.8 Å². The van der Waals surface area contributed by atoms with Crippen LogP contribution in [0, 0.1) is 5.41 Å². The zero-order chi connectivity index (χ0) is 13.4. The van der Waals surface area contributed by atoms with Crippen LogP contribution in [0.1, 0.15) is 39.5 Å². The Kier molecular flexibility index (Phi) is 6.82. The van der Waals surface area contributed by atoms with Crippen LogP contribution >= 0.6 is 0 Å². The van der Waals surface area contributed by atoms with Crippen molar-refractivity contribution in [1.82, 2.24) is 4.90 Å². The summed E-state index contributed by atoms with van der Waals surface area (Å²) in [6, 6.07) is 0.455. The van der Waals surface area contributed by atoms with Gasteiger partial charge in [-0.1, -0.05) is 13.8 Å². The maximum Gasteiger partial charge on any atom is 0.127 e. The SMILES string of the molecule is CCC(CC)N(CCO)CC1(C=O)CCOCC1. The van der Waals surface area contributed by atoms with E-state index in [2.05, 4.69) is 18.7 Å². The molecule has 1 rings (SSSR count). The molecule has 18 heavy (non-hydrogen) atoms. The Morgan fingerprint density at radius 3 is 2.39 bits per heavy atom. The van der Waals surface area contributed by atoms with Crippen molar-refractivity contribution < 1.29 is 14.6 Å². The minimum absolute atomic E-state index is 0.155. The molecule has 0 aromatic heterocycles. The van der Waals surface area contributed by atoms with Crippen molar-refractivity contribution >= 4 is 6.29 Å². The molecule has 0 bridgehead atoms. The molecule has 1 N–H and O–H groups in total. The summed E-state index contributed by atoms with van der Waals surface area (Å²) < 4.78 is 5.35. The number of carbonyl (C=O) groups excluding carboxylic acids is 1. The molecule has 1 aliphatic heterocycles. The van der Waals surface area contributed by atoms with Gasteiger partial charge in [0, 0.05) is 37.8 Å². The first kappa shape index (κ1) is 15.6. The van der Waals surface area contributed by atoms with Crippen LogP contribution in [0.15, 0.2) is 0 Å². The van der Waals surface area contributed by atoms with Gasteiger partial charge in [0.2, 0.25) is 0 Å². The summed E-state index contributed by atoms with van der Waals surface area (Å²) in [4.78, 5) is 13.8. The van der Waals surface area contributed by atoms with Gasteiger partial charge in [0.15, 0.2) is 0 Å². The molecule has 0 atom stereocenters. The number of aldehydes is 1. The number of aliphatic hydroxyl groups excluding tert-OH is 1. The molecule has 0 unspecified atom stereocenters. The van der Waals surface area contributed by atoms with Crippen molar-refractivity contribution in [2.24, 2.45) is 5.41 Å². The molecule has 0 aromatic rings. The lowest BCUT2D eigenvalue weighted by Gasteiger charge is -2.39. The van der Waals surface area contributed by atoms with E-state index in [-0.39, 0.29) is 12.0 Å². The number of nitrogens with zero attached hydrogens (tertiary/aromatic N) is 1. The fourth-order valence-corrected chi connectivity index (χ4v) is 2.82. The minimum Gasteiger partial charge on any atom is -0.395 e. The van der Waals surface area contributed by atoms with E-state index in [1.54, 1.807) is 0 Å². The van der Waals surface area contributed by atoms with E-state index in [9.17, 15) is 9.90 Å². The number of hydrogen-bond acceptors (Lipinski definition) is 4. The van der Waals surface area contributed by atoms with Crippen molar-refractivity contribution in [2.45, 2.75) is 45.6 Å². The summed E-state index contributed by atoms with van der Waals surface area (Å²) in [6.45, 7) is 7.24. The molecule has 1 aliphatic rings. The summed E-state index contributed by atoms with van der Waals surface area (Å²) in [5.41, 5.74) is -0.268. The van der Waals surface area contributed by atoms with Crippen molar-refractivity contribution in [1.29, 1.82) is 0 Å². The molecule has 1 saturated heterocycles. The molecule has 0 saturated carbocycles. The summed E-state index contributed by atoms with van der Waals surface area (Å²) in [5.74, 6) is 0. The number of rotatable bonds is 8. The standard InChI is InChI=1S/C14H27NO3/c1-3-13(4-2)15(7-8-16)11-14(12-17)5-9-18-10-6-14/h12-13,16H,3-11H2,1-2H3. The zero-order valence-corrected chi connectivity index (χ0v) is 11.7. The van der Waals surface area contributed by atoms with Crippen molar-refractivity contribution in [3.8, 4) is 0 Å². The largest absolute Gasteiger partial charge is 0.395 e. The number of hydrogen-bond donors (Lipinski definition) is 1. The molecule has 1 heterocycles. The Balaban J connectivity index is 2.69. The molecule has 4 heteroatoms. The molecule has 0 radical (unpaired) electrons. The maximum atomic E-state index is 11.5. The van der Waals surface area contributed by atoms with Crippen molar-refractivity contribution in [2.75, 3.05) is 32.9 Å². The van der Waals surface area contributed by atoms with E-state index >= 15 is 0 Å². The highest BCUT2D eigenvalue weighted by Crippen LogP contribution is 2.30. The normalized spacial score (nSPS) is 19.4. The third-order valence-electron chi connectivity index (χ3n) is 4.10. The monoisotopic (exact) mass is 257 g/mol. The van der Waals surface area contributed by atoms with E-state index in [4.69, 9.17) is 4.74 Å². The Morgan fingerprint density at radius 2 is 1.94 bits per heavy atom. The highest BCUT2D eigenvalue weighted by molar-refractivity contribution is 5.60. The smallest absolute Gasteiger partial charge is 0.127 e. The van der Waals surface area contributed by atoms with Crippen LogP contribution < -0.4 is 0 Å². The van der Waals surface area contributed by atoms with Crippen LogP contribution in [-0.2, 0) is 9.53 Å². The molecule has 0 amide bonds. The number of ether oxygens (including phenoxy) is 1. The highest BCUT2D eigenvalue weighted by atomic mass is 16.5. The van der Waals surface area contributed by atoms with Gasteiger partial charge < -0.3 is 14.6 Å². The van der Waals surface area contributed by atoms with E-state index in [0.29, 0.717) is 25.8 Å². The van der Waals surface area contributed by atoms with Crippen LogP contribution in [-0.4, -0.2) is 55.2 Å². The molecule has 0 spiro atoms. The van der Waals surface area contributed by atoms with Crippen LogP contribution in [0.25, 0.3) is 0 Å². The lowest BCUT2D eigenvalue weighted by Crippen LogP contribution is -2.47. The lowest BCUT2D eigenvalue weighted by atomic mass is 9.80. The first-order valence-corrected chi connectivity index (χ1v) is 7.10. The minimum atomic E-state index is -0.268. The van der Waals surface area contributed by atoms with Crippen LogP contribution in [0.4, 0.5) is 0 Å². The summed E-state index contributed by atoms with van der Waals surface area (Å²) in [7, 11) is 0. The predicted molar refractivity (Wildman–Crippen MR) is 71.6 cm³/mol. The molecule has 0 aliphatic carbocycles. The van der Waals surface area contributed by atoms with Crippen LogP contribution in [0.3, 0.4) is 0 Å². The highest BCUT2D eigenvalue weighted by Gasteiger charge is 2.35. The average molecular weight is 257 g/mol. The predicted octanol–water partition coefficient (Wildman–Crippen LogP) is 1.46. The number of aliphatic hydroxyl groups is 1. The second-order valence-corrected chi connectivity index (χ2v) is 5.26. The quantitative estimate of drug-likeness (QED) is 0.669. The van der Waals surface area contributed by atoms with Gasteiger partial charge in [-0.25, -0.2) is 0 Å². The van der Waals surface area contributed by atoms with Gasteiger partial charge in [0.1, 0.15) is 6.29 Å². The van der Waals surface area contributed by atoms with Gasteiger partial charge in [0.05, 0.1) is 6.61 Å². The van der Waals surface area contributed by atoms with Gasteiger partial charge in [-0.3, -0.25) is 4.90 Å². The van der Waals surface area contributed by atoms with Crippen molar-refractivity contribution in [3.05, 3.63) is 0 Å². The van der Waals surface area contributed by atoms with Gasteiger partial charge in [-0.05, 0) is 25.7 Å². The Bertz CT molecular complexity index is 235. The first-order chi connectivity index (χ1) is 8.71. The van der Waals surface area contributed by atoms with E-state index in [0.717, 1.165) is 38.5 Å². The van der Waals surface area contributed by atoms with Gasteiger partial charge in [-0.2, -0.15) is 0 Å². The number of carbonyl (C=O) groups is 1. The maximum absolute atomic E-state index is 11.5. The van der Waals surface area contributed by atoms with Gasteiger partial charge in [0.25, 0.3) is 0 Å². The molecule has 1 fully saturated rings. The van der Waals surface area contributed by atoms with E-state index in [1.807, 2.05) is 0 Å². The molecule has 0 aromatic carbocycles. The van der Waals surface area contributed by atoms with E-state index in [1.165, 1.54) is 0 Å². The fraction of sp³-hybridized carbons (Fsp3) is 0.929. The van der Waals surface area contributed by atoms with E-state index < -0.39 is 0 Å².